The standard InChI is InChI=1S/C33H37Cl2N3O5/c1-40-29-11-4-22(20-30(29)42-17-3-2-13-37-15-18-41-19-16-37)32-31-26(27-21-24(35)7-10-28(27)36-31)12-14-38(32)33(39)43-25-8-5-23(34)6-9-25/h4-6,8-11,20-21,24,32,36H,2-3,7,12-19H2,1H3. The fourth-order valence-corrected chi connectivity index (χ4v) is 6.41. The van der Waals surface area contributed by atoms with Crippen LogP contribution in [-0.4, -0.2) is 79.4 Å². The molecule has 1 aliphatic carbocycles. The molecule has 1 N–H and O–H groups in total. The van der Waals surface area contributed by atoms with E-state index in [4.69, 9.17) is 42.1 Å². The number of rotatable bonds is 9. The van der Waals surface area contributed by atoms with E-state index in [1.807, 2.05) is 18.2 Å². The van der Waals surface area contributed by atoms with Crippen molar-refractivity contribution in [2.75, 3.05) is 53.1 Å². The Balaban J connectivity index is 1.27. The second kappa shape index (κ2) is 13.6. The molecule has 2 aromatic carbocycles. The van der Waals surface area contributed by atoms with Crippen molar-refractivity contribution in [1.29, 1.82) is 0 Å². The minimum Gasteiger partial charge on any atom is -0.493 e. The van der Waals surface area contributed by atoms with Crippen LogP contribution in [0.4, 0.5) is 4.79 Å². The number of nitrogens with one attached hydrogen (secondary N) is 1. The highest BCUT2D eigenvalue weighted by molar-refractivity contribution is 6.30. The summed E-state index contributed by atoms with van der Waals surface area (Å²) >= 11 is 12.6. The van der Waals surface area contributed by atoms with Crippen LogP contribution in [0, 0.1) is 0 Å². The molecule has 2 unspecified atom stereocenters. The Kier molecular flexibility index (Phi) is 9.48. The number of ether oxygens (including phenoxy) is 4. The summed E-state index contributed by atoms with van der Waals surface area (Å²) in [7, 11) is 1.64. The highest BCUT2D eigenvalue weighted by Gasteiger charge is 2.36. The van der Waals surface area contributed by atoms with Crippen LogP contribution in [0.25, 0.3) is 12.2 Å². The summed E-state index contributed by atoms with van der Waals surface area (Å²) < 4.78 is 23.2. The van der Waals surface area contributed by atoms with Gasteiger partial charge in [0, 0.05) is 40.9 Å². The number of fused-ring (bicyclic) bond motifs is 3. The van der Waals surface area contributed by atoms with E-state index in [9.17, 15) is 4.79 Å². The van der Waals surface area contributed by atoms with Crippen molar-refractivity contribution in [3.8, 4) is 17.2 Å². The summed E-state index contributed by atoms with van der Waals surface area (Å²) in [4.78, 5) is 21.5. The summed E-state index contributed by atoms with van der Waals surface area (Å²) in [6, 6.07) is 12.3. The molecule has 3 aromatic rings. The van der Waals surface area contributed by atoms with E-state index < -0.39 is 12.1 Å². The number of amides is 1. The van der Waals surface area contributed by atoms with Crippen LogP contribution in [0.1, 0.15) is 42.1 Å². The van der Waals surface area contributed by atoms with Crippen molar-refractivity contribution < 1.29 is 23.7 Å². The van der Waals surface area contributed by atoms with Gasteiger partial charge in [0.25, 0.3) is 0 Å². The maximum atomic E-state index is 13.7. The molecule has 0 spiro atoms. The summed E-state index contributed by atoms with van der Waals surface area (Å²) in [6.07, 6.45) is 7.22. The fourth-order valence-electron chi connectivity index (χ4n) is 6.07. The first kappa shape index (κ1) is 29.9. The Morgan fingerprint density at radius 3 is 2.67 bits per heavy atom. The Hall–Kier alpha value is -3.17. The first-order chi connectivity index (χ1) is 21.0. The molecule has 1 saturated heterocycles. The number of methoxy groups -OCH3 is 1. The molecule has 8 nitrogen and oxygen atoms in total. The lowest BCUT2D eigenvalue weighted by atomic mass is 9.92. The van der Waals surface area contributed by atoms with E-state index in [2.05, 4.69) is 22.0 Å². The topological polar surface area (TPSA) is 76.3 Å². The number of alkyl halides is 1. The van der Waals surface area contributed by atoms with E-state index in [0.717, 1.165) is 73.9 Å². The first-order valence-corrected chi connectivity index (χ1v) is 15.7. The van der Waals surface area contributed by atoms with Crippen molar-refractivity contribution in [3.63, 3.8) is 0 Å². The molecular formula is C33H37Cl2N3O5. The number of aromatic amines is 1. The molecule has 1 amide bonds. The Labute approximate surface area is 261 Å². The van der Waals surface area contributed by atoms with Crippen molar-refractivity contribution in [2.24, 2.45) is 0 Å². The largest absolute Gasteiger partial charge is 0.493 e. The molecule has 1 fully saturated rings. The second-order valence-corrected chi connectivity index (χ2v) is 12.1. The van der Waals surface area contributed by atoms with Crippen molar-refractivity contribution in [1.82, 2.24) is 14.8 Å². The van der Waals surface area contributed by atoms with Crippen LogP contribution in [-0.2, 0) is 11.2 Å². The molecule has 6 rings (SSSR count). The van der Waals surface area contributed by atoms with Gasteiger partial charge in [-0.3, -0.25) is 9.80 Å². The number of hydrogen-bond acceptors (Lipinski definition) is 6. The molecule has 3 aliphatic rings. The highest BCUT2D eigenvalue weighted by Crippen LogP contribution is 2.38. The number of benzene rings is 2. The zero-order chi connectivity index (χ0) is 29.8. The minimum absolute atomic E-state index is 0.0528. The average molecular weight is 627 g/mol. The van der Waals surface area contributed by atoms with E-state index in [0.29, 0.717) is 41.8 Å². The normalized spacial score (nSPS) is 19.9. The van der Waals surface area contributed by atoms with Crippen molar-refractivity contribution in [3.05, 3.63) is 74.9 Å². The van der Waals surface area contributed by atoms with Crippen molar-refractivity contribution >= 4 is 41.4 Å². The first-order valence-electron chi connectivity index (χ1n) is 14.9. The van der Waals surface area contributed by atoms with Gasteiger partial charge in [0.1, 0.15) is 11.8 Å². The van der Waals surface area contributed by atoms with E-state index in [1.54, 1.807) is 36.3 Å². The average Bonchev–Trinajstić information content (AvgIpc) is 3.39. The van der Waals surface area contributed by atoms with Gasteiger partial charge < -0.3 is 23.9 Å². The van der Waals surface area contributed by atoms with Gasteiger partial charge in [-0.15, -0.1) is 11.6 Å². The quantitative estimate of drug-likeness (QED) is 0.270. The summed E-state index contributed by atoms with van der Waals surface area (Å²) in [6.45, 7) is 5.67. The molecule has 0 bridgehead atoms. The molecule has 43 heavy (non-hydrogen) atoms. The molecule has 2 aliphatic heterocycles. The third-order valence-corrected chi connectivity index (χ3v) is 8.84. The number of halogens is 2. The fraction of sp³-hybridized carbons (Fsp3) is 0.424. The molecule has 0 saturated carbocycles. The van der Waals surface area contributed by atoms with E-state index in [1.165, 1.54) is 5.56 Å². The SMILES string of the molecule is COc1ccc(C2c3[nH]c4c(c3CCN2C(=O)Oc2ccc(Cl)cc2)=CC(Cl)CC=4)cc1OCCCCN1CCOCC1. The monoisotopic (exact) mass is 625 g/mol. The lowest BCUT2D eigenvalue weighted by Crippen LogP contribution is -2.43. The zero-order valence-electron chi connectivity index (χ0n) is 24.3. The molecule has 0 radical (unpaired) electrons. The molecular weight excluding hydrogens is 589 g/mol. The number of unbranched alkanes of at least 4 members (excludes halogenated alkanes) is 1. The molecule has 10 heteroatoms. The Bertz CT molecular complexity index is 1550. The predicted octanol–water partition coefficient (Wildman–Crippen LogP) is 4.89. The van der Waals surface area contributed by atoms with Crippen molar-refractivity contribution in [2.45, 2.75) is 37.1 Å². The van der Waals surface area contributed by atoms with Crippen LogP contribution in [0.5, 0.6) is 17.2 Å². The number of carbonyl (C=O) groups excluding carboxylic acids is 1. The highest BCUT2D eigenvalue weighted by atomic mass is 35.5. The minimum atomic E-state index is -0.435. The molecule has 1 aromatic heterocycles. The third-order valence-electron chi connectivity index (χ3n) is 8.28. The van der Waals surface area contributed by atoms with Gasteiger partial charge in [0.15, 0.2) is 11.5 Å². The summed E-state index contributed by atoms with van der Waals surface area (Å²) in [5.41, 5.74) is 3.04. The van der Waals surface area contributed by atoms with Gasteiger partial charge in [-0.1, -0.05) is 29.8 Å². The number of carbonyl (C=O) groups is 1. The lowest BCUT2D eigenvalue weighted by molar-refractivity contribution is 0.0367. The van der Waals surface area contributed by atoms with Crippen LogP contribution in [0.3, 0.4) is 0 Å². The van der Waals surface area contributed by atoms with Crippen LogP contribution < -0.4 is 24.8 Å². The molecule has 3 heterocycles. The van der Waals surface area contributed by atoms with Crippen LogP contribution >= 0.6 is 23.2 Å². The maximum absolute atomic E-state index is 13.7. The van der Waals surface area contributed by atoms with Gasteiger partial charge in [0.05, 0.1) is 32.3 Å². The molecule has 2 atom stereocenters. The van der Waals surface area contributed by atoms with Crippen LogP contribution in [0.15, 0.2) is 42.5 Å². The predicted molar refractivity (Wildman–Crippen MR) is 168 cm³/mol. The number of H-pyrrole nitrogens is 1. The number of aromatic nitrogens is 1. The van der Waals surface area contributed by atoms with E-state index in [-0.39, 0.29) is 5.38 Å². The summed E-state index contributed by atoms with van der Waals surface area (Å²) in [5, 5.41) is 2.70. The smallest absolute Gasteiger partial charge is 0.416 e. The molecule has 228 valence electrons. The van der Waals surface area contributed by atoms with E-state index >= 15 is 0 Å². The number of hydrogen-bond donors (Lipinski definition) is 1. The number of morpholine rings is 1. The Morgan fingerprint density at radius 1 is 1.07 bits per heavy atom. The lowest BCUT2D eigenvalue weighted by Gasteiger charge is -2.35. The summed E-state index contributed by atoms with van der Waals surface area (Å²) in [5.74, 6) is 1.74. The van der Waals surface area contributed by atoms with Gasteiger partial charge in [-0.05, 0) is 79.8 Å². The maximum Gasteiger partial charge on any atom is 0.416 e. The third kappa shape index (κ3) is 6.83. The zero-order valence-corrected chi connectivity index (χ0v) is 25.8. The van der Waals surface area contributed by atoms with Gasteiger partial charge in [0.2, 0.25) is 0 Å². The van der Waals surface area contributed by atoms with Gasteiger partial charge in [-0.2, -0.15) is 0 Å². The second-order valence-electron chi connectivity index (χ2n) is 11.1. The number of nitrogens with zero attached hydrogens (tertiary/aromatic N) is 2. The van der Waals surface area contributed by atoms with Gasteiger partial charge in [-0.25, -0.2) is 4.79 Å². The Morgan fingerprint density at radius 2 is 1.88 bits per heavy atom. The van der Waals surface area contributed by atoms with Crippen LogP contribution in [0.2, 0.25) is 5.02 Å². The van der Waals surface area contributed by atoms with Gasteiger partial charge >= 0.3 is 6.09 Å².